The Bertz CT molecular complexity index is 442. The molecular formula is C21H34O4. The average molecular weight is 350 g/mol. The van der Waals surface area contributed by atoms with Crippen molar-refractivity contribution in [1.82, 2.24) is 0 Å². The maximum atomic E-state index is 10.5. The van der Waals surface area contributed by atoms with Crippen molar-refractivity contribution in [3.05, 3.63) is 42.5 Å². The molecule has 0 aliphatic heterocycles. The second kappa shape index (κ2) is 17.0. The van der Waals surface area contributed by atoms with Crippen molar-refractivity contribution in [2.45, 2.75) is 58.8 Å². The van der Waals surface area contributed by atoms with Gasteiger partial charge in [-0.3, -0.25) is 0 Å². The van der Waals surface area contributed by atoms with Gasteiger partial charge in [0.1, 0.15) is 12.4 Å². The highest BCUT2D eigenvalue weighted by molar-refractivity contribution is 5.86. The van der Waals surface area contributed by atoms with Gasteiger partial charge < -0.3 is 14.6 Å². The topological polar surface area (TPSA) is 55.8 Å². The quantitative estimate of drug-likeness (QED) is 0.330. The summed E-state index contributed by atoms with van der Waals surface area (Å²) in [6, 6.07) is 10.1. The number of esters is 1. The fourth-order valence-electron chi connectivity index (χ4n) is 2.03. The van der Waals surface area contributed by atoms with Gasteiger partial charge >= 0.3 is 5.97 Å². The van der Waals surface area contributed by atoms with Crippen molar-refractivity contribution in [3.63, 3.8) is 0 Å². The molecule has 0 aliphatic rings. The second-order valence-corrected chi connectivity index (χ2v) is 5.92. The standard InChI is InChI=1S/C15H24O.C6H10O3/c1-2-3-4-5-6-7-11-14-16-15-12-9-8-10-13-15;1-5(2)6(8)9-4-3-7/h8-10,12-13H,2-7,11,14H2,1H3;7H,1,3-4H2,2H3. The van der Waals surface area contributed by atoms with Gasteiger partial charge in [-0.2, -0.15) is 0 Å². The summed E-state index contributed by atoms with van der Waals surface area (Å²) in [5, 5.41) is 8.19. The predicted molar refractivity (Wildman–Crippen MR) is 103 cm³/mol. The van der Waals surface area contributed by atoms with Crippen molar-refractivity contribution >= 4 is 5.97 Å². The molecule has 142 valence electrons. The highest BCUT2D eigenvalue weighted by Crippen LogP contribution is 2.10. The monoisotopic (exact) mass is 350 g/mol. The van der Waals surface area contributed by atoms with E-state index >= 15 is 0 Å². The van der Waals surface area contributed by atoms with E-state index in [9.17, 15) is 4.79 Å². The Hall–Kier alpha value is -1.81. The number of para-hydroxylation sites is 1. The Kier molecular flexibility index (Phi) is 15.8. The number of hydrogen-bond acceptors (Lipinski definition) is 4. The predicted octanol–water partition coefficient (Wildman–Crippen LogP) is 4.91. The second-order valence-electron chi connectivity index (χ2n) is 5.92. The molecule has 1 aromatic rings. The molecule has 25 heavy (non-hydrogen) atoms. The molecule has 0 unspecified atom stereocenters. The number of aliphatic hydroxyl groups excluding tert-OH is 1. The lowest BCUT2D eigenvalue weighted by Gasteiger charge is -2.05. The minimum atomic E-state index is -0.455. The first-order valence-corrected chi connectivity index (χ1v) is 9.23. The normalized spacial score (nSPS) is 9.72. The molecule has 0 spiro atoms. The lowest BCUT2D eigenvalue weighted by Crippen LogP contribution is -2.08. The van der Waals surface area contributed by atoms with Crippen LogP contribution in [0.5, 0.6) is 5.75 Å². The van der Waals surface area contributed by atoms with E-state index in [0.29, 0.717) is 5.57 Å². The van der Waals surface area contributed by atoms with Crippen LogP contribution in [0.25, 0.3) is 0 Å². The first-order valence-electron chi connectivity index (χ1n) is 9.23. The molecule has 1 rings (SSSR count). The molecule has 0 bridgehead atoms. The molecule has 1 aromatic carbocycles. The third-order valence-corrected chi connectivity index (χ3v) is 3.43. The lowest BCUT2D eigenvalue weighted by atomic mass is 10.1. The Morgan fingerprint density at radius 3 is 2.16 bits per heavy atom. The van der Waals surface area contributed by atoms with Gasteiger partial charge in [-0.05, 0) is 25.5 Å². The summed E-state index contributed by atoms with van der Waals surface area (Å²) in [5.41, 5.74) is 0.350. The smallest absolute Gasteiger partial charge is 0.333 e. The van der Waals surface area contributed by atoms with Crippen molar-refractivity contribution in [1.29, 1.82) is 0 Å². The third kappa shape index (κ3) is 15.5. The summed E-state index contributed by atoms with van der Waals surface area (Å²) in [7, 11) is 0. The zero-order valence-electron chi connectivity index (χ0n) is 15.8. The number of ether oxygens (including phenoxy) is 2. The van der Waals surface area contributed by atoms with Gasteiger partial charge in [0.05, 0.1) is 13.2 Å². The van der Waals surface area contributed by atoms with Gasteiger partial charge in [0.2, 0.25) is 0 Å². The van der Waals surface area contributed by atoms with Crippen LogP contribution in [0.3, 0.4) is 0 Å². The largest absolute Gasteiger partial charge is 0.494 e. The Morgan fingerprint density at radius 1 is 1.00 bits per heavy atom. The summed E-state index contributed by atoms with van der Waals surface area (Å²) in [5.74, 6) is 0.539. The summed E-state index contributed by atoms with van der Waals surface area (Å²) < 4.78 is 10.1. The summed E-state index contributed by atoms with van der Waals surface area (Å²) in [4.78, 5) is 10.5. The zero-order valence-corrected chi connectivity index (χ0v) is 15.8. The van der Waals surface area contributed by atoms with Gasteiger partial charge in [-0.25, -0.2) is 4.79 Å². The highest BCUT2D eigenvalue weighted by atomic mass is 16.5. The Balaban J connectivity index is 0.000000547. The van der Waals surface area contributed by atoms with Gasteiger partial charge in [-0.1, -0.05) is 70.2 Å². The zero-order chi connectivity index (χ0) is 18.8. The molecule has 4 heteroatoms. The summed E-state index contributed by atoms with van der Waals surface area (Å²) >= 11 is 0. The molecular weight excluding hydrogens is 316 g/mol. The molecule has 0 atom stereocenters. The van der Waals surface area contributed by atoms with E-state index in [0.717, 1.165) is 12.4 Å². The number of carbonyl (C=O) groups is 1. The van der Waals surface area contributed by atoms with Crippen molar-refractivity contribution in [3.8, 4) is 5.75 Å². The van der Waals surface area contributed by atoms with E-state index in [1.807, 2.05) is 30.3 Å². The van der Waals surface area contributed by atoms with Crippen LogP contribution in [0.15, 0.2) is 42.5 Å². The molecule has 0 aliphatic carbocycles. The first-order chi connectivity index (χ1) is 12.1. The minimum Gasteiger partial charge on any atom is -0.494 e. The van der Waals surface area contributed by atoms with E-state index in [1.165, 1.54) is 44.9 Å². The molecule has 0 saturated carbocycles. The van der Waals surface area contributed by atoms with Crippen LogP contribution in [-0.4, -0.2) is 30.9 Å². The van der Waals surface area contributed by atoms with Gasteiger partial charge in [0.25, 0.3) is 0 Å². The number of hydrogen-bond donors (Lipinski definition) is 1. The molecule has 0 fully saturated rings. The number of benzene rings is 1. The van der Waals surface area contributed by atoms with Gasteiger partial charge in [-0.15, -0.1) is 0 Å². The minimum absolute atomic E-state index is 0.0473. The molecule has 4 nitrogen and oxygen atoms in total. The fourth-order valence-corrected chi connectivity index (χ4v) is 2.03. The van der Waals surface area contributed by atoms with Crippen molar-refractivity contribution in [2.24, 2.45) is 0 Å². The Labute approximate surface area is 152 Å². The van der Waals surface area contributed by atoms with Crippen LogP contribution in [0.2, 0.25) is 0 Å². The molecule has 0 heterocycles. The lowest BCUT2D eigenvalue weighted by molar-refractivity contribution is -0.139. The van der Waals surface area contributed by atoms with Crippen molar-refractivity contribution < 1.29 is 19.4 Å². The number of rotatable bonds is 12. The SMILES string of the molecule is C=C(C)C(=O)OCCO.CCCCCCCCCOc1ccccc1. The van der Waals surface area contributed by atoms with E-state index < -0.39 is 5.97 Å². The van der Waals surface area contributed by atoms with E-state index in [2.05, 4.69) is 18.2 Å². The molecule has 0 saturated heterocycles. The summed E-state index contributed by atoms with van der Waals surface area (Å²) in [6.45, 7) is 7.93. The molecule has 0 aromatic heterocycles. The maximum absolute atomic E-state index is 10.5. The van der Waals surface area contributed by atoms with Crippen LogP contribution in [0, 0.1) is 0 Å². The number of carbonyl (C=O) groups excluding carboxylic acids is 1. The van der Waals surface area contributed by atoms with Gasteiger partial charge in [0, 0.05) is 5.57 Å². The van der Waals surface area contributed by atoms with Gasteiger partial charge in [0.15, 0.2) is 0 Å². The summed E-state index contributed by atoms with van der Waals surface area (Å²) in [6.07, 6.45) is 9.35. The molecule has 0 amide bonds. The van der Waals surface area contributed by atoms with E-state index in [4.69, 9.17) is 9.84 Å². The third-order valence-electron chi connectivity index (χ3n) is 3.43. The average Bonchev–Trinajstić information content (AvgIpc) is 2.63. The number of unbranched alkanes of at least 4 members (excludes halogenated alkanes) is 6. The van der Waals surface area contributed by atoms with E-state index in [1.54, 1.807) is 6.92 Å². The van der Waals surface area contributed by atoms with Crippen LogP contribution in [0.4, 0.5) is 0 Å². The van der Waals surface area contributed by atoms with E-state index in [-0.39, 0.29) is 13.2 Å². The first kappa shape index (κ1) is 23.2. The van der Waals surface area contributed by atoms with Crippen molar-refractivity contribution in [2.75, 3.05) is 19.8 Å². The van der Waals surface area contributed by atoms with Crippen LogP contribution in [-0.2, 0) is 9.53 Å². The highest BCUT2D eigenvalue weighted by Gasteiger charge is 1.99. The maximum Gasteiger partial charge on any atom is 0.333 e. The number of aliphatic hydroxyl groups is 1. The molecule has 1 N–H and O–H groups in total. The van der Waals surface area contributed by atoms with Crippen LogP contribution in [0.1, 0.15) is 58.8 Å². The fraction of sp³-hybridized carbons (Fsp3) is 0.571. The Morgan fingerprint density at radius 2 is 1.60 bits per heavy atom. The van der Waals surface area contributed by atoms with Crippen LogP contribution < -0.4 is 4.74 Å². The molecule has 0 radical (unpaired) electrons. The van der Waals surface area contributed by atoms with Crippen LogP contribution >= 0.6 is 0 Å².